The zero-order valence-corrected chi connectivity index (χ0v) is 22.2. The molecule has 0 saturated heterocycles. The Morgan fingerprint density at radius 1 is 0.846 bits per heavy atom. The van der Waals surface area contributed by atoms with Gasteiger partial charge in [-0.2, -0.15) is 0 Å². The van der Waals surface area contributed by atoms with E-state index in [9.17, 15) is 9.59 Å². The van der Waals surface area contributed by atoms with Crippen molar-refractivity contribution in [3.05, 3.63) is 101 Å². The predicted molar refractivity (Wildman–Crippen MR) is 144 cm³/mol. The number of carbonyl (C=O) groups is 2. The average molecular weight is 541 g/mol. The summed E-state index contributed by atoms with van der Waals surface area (Å²) in [6.07, 6.45) is 0. The number of oxazole rings is 1. The van der Waals surface area contributed by atoms with Gasteiger partial charge in [0, 0.05) is 16.0 Å². The minimum absolute atomic E-state index is 0.0320. The van der Waals surface area contributed by atoms with Crippen LogP contribution in [0.2, 0.25) is 0 Å². The molecule has 10 heteroatoms. The zero-order valence-electron chi connectivity index (χ0n) is 21.4. The fraction of sp³-hybridized carbons (Fsp3) is 0.138. The van der Waals surface area contributed by atoms with E-state index in [2.05, 4.69) is 20.5 Å². The number of nitrogens with one attached hydrogen (secondary N) is 1. The van der Waals surface area contributed by atoms with E-state index < -0.39 is 17.9 Å². The summed E-state index contributed by atoms with van der Waals surface area (Å²) < 4.78 is 16.9. The number of amides is 1. The van der Waals surface area contributed by atoms with E-state index in [1.54, 1.807) is 30.3 Å². The van der Waals surface area contributed by atoms with Crippen LogP contribution in [-0.4, -0.2) is 34.2 Å². The lowest BCUT2D eigenvalue weighted by atomic mass is 10.1. The Hall–Kier alpha value is -4.70. The first kappa shape index (κ1) is 25.9. The maximum absolute atomic E-state index is 12.8. The van der Waals surface area contributed by atoms with Crippen LogP contribution in [0.3, 0.4) is 0 Å². The summed E-state index contributed by atoms with van der Waals surface area (Å²) in [6, 6.07) is 22.9. The highest BCUT2D eigenvalue weighted by Gasteiger charge is 2.31. The second kappa shape index (κ2) is 11.4. The number of rotatable bonds is 8. The standard InChI is InChI=1S/C29H24N4O5S/c1-17-9-13-20(14-10-17)25-31-23(29(38-25)39-21-15-11-18(2)12-16-21)27-33-32-26(37-27)22(28(35)36-3)30-24(34)19-7-5-4-6-8-19/h4-16,22H,1-3H3,(H,30,34)/t22-/m1/s1. The molecular weight excluding hydrogens is 516 g/mol. The van der Waals surface area contributed by atoms with Crippen molar-refractivity contribution in [2.75, 3.05) is 7.11 Å². The monoisotopic (exact) mass is 540 g/mol. The molecule has 0 spiro atoms. The van der Waals surface area contributed by atoms with Gasteiger partial charge in [0.15, 0.2) is 10.8 Å². The van der Waals surface area contributed by atoms with Gasteiger partial charge in [-0.3, -0.25) is 4.79 Å². The summed E-state index contributed by atoms with van der Waals surface area (Å²) in [6.45, 7) is 4.01. The van der Waals surface area contributed by atoms with E-state index in [-0.39, 0.29) is 11.8 Å². The molecule has 0 saturated carbocycles. The number of methoxy groups -OCH3 is 1. The Morgan fingerprint density at radius 3 is 2.18 bits per heavy atom. The van der Waals surface area contributed by atoms with Crippen molar-refractivity contribution in [3.63, 3.8) is 0 Å². The number of nitrogens with zero attached hydrogens (tertiary/aromatic N) is 3. The van der Waals surface area contributed by atoms with Crippen molar-refractivity contribution >= 4 is 23.6 Å². The van der Waals surface area contributed by atoms with Gasteiger partial charge >= 0.3 is 5.97 Å². The minimum atomic E-state index is -1.32. The van der Waals surface area contributed by atoms with Gasteiger partial charge in [-0.15, -0.1) is 10.2 Å². The van der Waals surface area contributed by atoms with E-state index in [0.717, 1.165) is 21.6 Å². The van der Waals surface area contributed by atoms with Crippen LogP contribution in [0, 0.1) is 13.8 Å². The fourth-order valence-corrected chi connectivity index (χ4v) is 4.47. The zero-order chi connectivity index (χ0) is 27.4. The quantitative estimate of drug-likeness (QED) is 0.243. The van der Waals surface area contributed by atoms with Gasteiger partial charge in [0.2, 0.25) is 11.9 Å². The molecule has 5 rings (SSSR count). The summed E-state index contributed by atoms with van der Waals surface area (Å²) in [5.41, 5.74) is 3.69. The second-order valence-corrected chi connectivity index (χ2v) is 9.72. The van der Waals surface area contributed by atoms with Crippen molar-refractivity contribution in [2.24, 2.45) is 0 Å². The summed E-state index contributed by atoms with van der Waals surface area (Å²) in [5.74, 6) is -0.994. The number of hydrogen-bond acceptors (Lipinski definition) is 9. The predicted octanol–water partition coefficient (Wildman–Crippen LogP) is 5.80. The molecule has 5 aromatic rings. The van der Waals surface area contributed by atoms with Crippen LogP contribution < -0.4 is 5.32 Å². The molecule has 0 fully saturated rings. The van der Waals surface area contributed by atoms with Crippen LogP contribution in [0.25, 0.3) is 23.0 Å². The van der Waals surface area contributed by atoms with E-state index in [0.29, 0.717) is 22.2 Å². The number of aryl methyl sites for hydroxylation is 2. The van der Waals surface area contributed by atoms with Crippen LogP contribution >= 0.6 is 11.8 Å². The average Bonchev–Trinajstić information content (AvgIpc) is 3.61. The van der Waals surface area contributed by atoms with E-state index >= 15 is 0 Å². The van der Waals surface area contributed by atoms with Crippen LogP contribution in [0.15, 0.2) is 97.7 Å². The topological polar surface area (TPSA) is 120 Å². The first-order valence-electron chi connectivity index (χ1n) is 12.0. The molecule has 3 aromatic carbocycles. The van der Waals surface area contributed by atoms with Gasteiger partial charge in [0.1, 0.15) is 0 Å². The second-order valence-electron chi connectivity index (χ2n) is 8.68. The fourth-order valence-electron chi connectivity index (χ4n) is 3.63. The Balaban J connectivity index is 1.50. The van der Waals surface area contributed by atoms with Crippen LogP contribution in [0.1, 0.15) is 33.4 Å². The van der Waals surface area contributed by atoms with Gasteiger partial charge in [-0.25, -0.2) is 9.78 Å². The Morgan fingerprint density at radius 2 is 1.51 bits per heavy atom. The van der Waals surface area contributed by atoms with Gasteiger partial charge < -0.3 is 18.9 Å². The maximum atomic E-state index is 12.8. The Labute approximate surface area is 228 Å². The van der Waals surface area contributed by atoms with E-state index in [4.69, 9.17) is 13.6 Å². The Kier molecular flexibility index (Phi) is 7.55. The molecule has 0 aliphatic carbocycles. The highest BCUT2D eigenvalue weighted by Crippen LogP contribution is 2.39. The lowest BCUT2D eigenvalue weighted by Crippen LogP contribution is -2.34. The number of aromatic nitrogens is 3. The van der Waals surface area contributed by atoms with Crippen molar-refractivity contribution in [2.45, 2.75) is 29.9 Å². The molecule has 0 aliphatic heterocycles. The maximum Gasteiger partial charge on any atom is 0.338 e. The third kappa shape index (κ3) is 5.91. The Bertz CT molecular complexity index is 1600. The van der Waals surface area contributed by atoms with Crippen molar-refractivity contribution in [1.82, 2.24) is 20.5 Å². The molecule has 1 atom stereocenters. The third-order valence-corrected chi connectivity index (χ3v) is 6.73. The highest BCUT2D eigenvalue weighted by molar-refractivity contribution is 7.99. The molecule has 1 N–H and O–H groups in total. The van der Waals surface area contributed by atoms with Gasteiger partial charge in [0.25, 0.3) is 17.7 Å². The summed E-state index contributed by atoms with van der Waals surface area (Å²) in [7, 11) is 1.21. The molecule has 0 aliphatic rings. The number of benzene rings is 3. The molecule has 0 unspecified atom stereocenters. The molecule has 1 amide bonds. The van der Waals surface area contributed by atoms with Gasteiger partial charge in [-0.05, 0) is 62.0 Å². The minimum Gasteiger partial charge on any atom is -0.467 e. The number of esters is 1. The molecule has 2 aromatic heterocycles. The highest BCUT2D eigenvalue weighted by atomic mass is 32.2. The SMILES string of the molecule is COC(=O)[C@H](NC(=O)c1ccccc1)c1nnc(-c2nc(-c3ccc(C)cc3)oc2Sc2ccc(C)cc2)o1. The first-order valence-corrected chi connectivity index (χ1v) is 12.8. The molecular formula is C29H24N4O5S. The van der Waals surface area contributed by atoms with Crippen molar-refractivity contribution in [1.29, 1.82) is 0 Å². The largest absolute Gasteiger partial charge is 0.467 e. The number of ether oxygens (including phenoxy) is 1. The molecule has 0 bridgehead atoms. The smallest absolute Gasteiger partial charge is 0.338 e. The molecule has 39 heavy (non-hydrogen) atoms. The van der Waals surface area contributed by atoms with E-state index in [1.807, 2.05) is 62.4 Å². The summed E-state index contributed by atoms with van der Waals surface area (Å²) in [5, 5.41) is 11.2. The van der Waals surface area contributed by atoms with Crippen molar-refractivity contribution < 1.29 is 23.2 Å². The summed E-state index contributed by atoms with van der Waals surface area (Å²) >= 11 is 1.35. The molecule has 196 valence electrons. The van der Waals surface area contributed by atoms with Crippen LogP contribution in [-0.2, 0) is 9.53 Å². The molecule has 0 radical (unpaired) electrons. The summed E-state index contributed by atoms with van der Waals surface area (Å²) in [4.78, 5) is 30.9. The third-order valence-electron chi connectivity index (χ3n) is 5.76. The lowest BCUT2D eigenvalue weighted by molar-refractivity contribution is -0.143. The number of carbonyl (C=O) groups excluding carboxylic acids is 2. The van der Waals surface area contributed by atoms with Crippen molar-refractivity contribution in [3.8, 4) is 23.0 Å². The van der Waals surface area contributed by atoms with Crippen LogP contribution in [0.4, 0.5) is 0 Å². The van der Waals surface area contributed by atoms with E-state index in [1.165, 1.54) is 18.9 Å². The molecule has 2 heterocycles. The normalized spacial score (nSPS) is 11.7. The molecule has 9 nitrogen and oxygen atoms in total. The lowest BCUT2D eigenvalue weighted by Gasteiger charge is -2.12. The van der Waals surface area contributed by atoms with Gasteiger partial charge in [-0.1, -0.05) is 53.6 Å². The number of hydrogen-bond donors (Lipinski definition) is 1. The van der Waals surface area contributed by atoms with Gasteiger partial charge in [0.05, 0.1) is 7.11 Å². The van der Waals surface area contributed by atoms with Crippen LogP contribution in [0.5, 0.6) is 0 Å². The first-order chi connectivity index (χ1) is 18.9.